The van der Waals surface area contributed by atoms with Crippen LogP contribution in [0, 0.1) is 11.6 Å². The Balaban J connectivity index is 1.45. The van der Waals surface area contributed by atoms with Crippen LogP contribution < -0.4 is 16.0 Å². The highest BCUT2D eigenvalue weighted by Gasteiger charge is 2.12. The van der Waals surface area contributed by atoms with E-state index in [0.717, 1.165) is 12.1 Å². The van der Waals surface area contributed by atoms with E-state index in [2.05, 4.69) is 20.9 Å². The van der Waals surface area contributed by atoms with E-state index < -0.39 is 17.5 Å². The summed E-state index contributed by atoms with van der Waals surface area (Å²) in [5.41, 5.74) is 1.89. The van der Waals surface area contributed by atoms with Crippen LogP contribution in [0.1, 0.15) is 12.6 Å². The lowest BCUT2D eigenvalue weighted by Crippen LogP contribution is -2.15. The standard InChI is InChI=1S/C21H18F2N4O3S2/c1-12(28)24-13-2-4-14(5-3-13)25-20(30)11-32-21-27-16(10-31-21)9-19(29)26-15-6-7-17(22)18(23)8-15/h2-8,10H,9,11H2,1H3,(H,24,28)(H,25,30)(H,26,29). The zero-order valence-electron chi connectivity index (χ0n) is 16.8. The number of carbonyl (C=O) groups is 3. The minimum atomic E-state index is -1.04. The summed E-state index contributed by atoms with van der Waals surface area (Å²) in [5.74, 6) is -2.73. The van der Waals surface area contributed by atoms with Crippen LogP contribution >= 0.6 is 23.1 Å². The van der Waals surface area contributed by atoms with Crippen LogP contribution in [0.15, 0.2) is 52.2 Å². The molecule has 1 aromatic heterocycles. The second-order valence-electron chi connectivity index (χ2n) is 6.55. The zero-order valence-corrected chi connectivity index (χ0v) is 18.4. The first-order chi connectivity index (χ1) is 15.3. The maximum Gasteiger partial charge on any atom is 0.234 e. The zero-order chi connectivity index (χ0) is 23.1. The number of thioether (sulfide) groups is 1. The van der Waals surface area contributed by atoms with E-state index in [9.17, 15) is 23.2 Å². The molecule has 11 heteroatoms. The van der Waals surface area contributed by atoms with Crippen LogP contribution in [0.5, 0.6) is 0 Å². The number of hydrogen-bond donors (Lipinski definition) is 3. The van der Waals surface area contributed by atoms with Crippen molar-refractivity contribution in [3.63, 3.8) is 0 Å². The van der Waals surface area contributed by atoms with E-state index in [0.29, 0.717) is 21.4 Å². The molecule has 0 aliphatic carbocycles. The second-order valence-corrected chi connectivity index (χ2v) is 8.63. The van der Waals surface area contributed by atoms with Crippen LogP contribution in [0.4, 0.5) is 25.8 Å². The van der Waals surface area contributed by atoms with E-state index in [4.69, 9.17) is 0 Å². The van der Waals surface area contributed by atoms with Gasteiger partial charge in [0.15, 0.2) is 16.0 Å². The Morgan fingerprint density at radius 3 is 2.19 bits per heavy atom. The van der Waals surface area contributed by atoms with E-state index in [1.165, 1.54) is 36.1 Å². The first-order valence-electron chi connectivity index (χ1n) is 9.28. The van der Waals surface area contributed by atoms with Gasteiger partial charge in [0.1, 0.15) is 0 Å². The van der Waals surface area contributed by atoms with Gasteiger partial charge in [0.05, 0.1) is 17.9 Å². The molecule has 3 rings (SSSR count). The fourth-order valence-corrected chi connectivity index (χ4v) is 4.19. The fourth-order valence-electron chi connectivity index (χ4n) is 2.54. The molecule has 0 aliphatic rings. The van der Waals surface area contributed by atoms with Crippen molar-refractivity contribution in [1.29, 1.82) is 0 Å². The van der Waals surface area contributed by atoms with Crippen LogP contribution in [0.3, 0.4) is 0 Å². The minimum absolute atomic E-state index is 0.0388. The quantitative estimate of drug-likeness (QED) is 0.421. The number of nitrogens with zero attached hydrogens (tertiary/aromatic N) is 1. The van der Waals surface area contributed by atoms with Crippen LogP contribution in [0.25, 0.3) is 0 Å². The molecule has 166 valence electrons. The summed E-state index contributed by atoms with van der Waals surface area (Å²) in [4.78, 5) is 39.6. The molecule has 3 N–H and O–H groups in total. The second kappa shape index (κ2) is 10.8. The van der Waals surface area contributed by atoms with E-state index in [-0.39, 0.29) is 29.7 Å². The maximum absolute atomic E-state index is 13.2. The number of aromatic nitrogens is 1. The molecule has 0 atom stereocenters. The summed E-state index contributed by atoms with van der Waals surface area (Å²) < 4.78 is 26.8. The van der Waals surface area contributed by atoms with Crippen LogP contribution in [0.2, 0.25) is 0 Å². The maximum atomic E-state index is 13.2. The van der Waals surface area contributed by atoms with Crippen molar-refractivity contribution in [2.24, 2.45) is 0 Å². The molecule has 3 aromatic rings. The van der Waals surface area contributed by atoms with Crippen molar-refractivity contribution in [3.8, 4) is 0 Å². The lowest BCUT2D eigenvalue weighted by molar-refractivity contribution is -0.116. The molecule has 0 saturated heterocycles. The first-order valence-corrected chi connectivity index (χ1v) is 11.1. The number of rotatable bonds is 8. The molecule has 0 unspecified atom stereocenters. The largest absolute Gasteiger partial charge is 0.326 e. The predicted octanol–water partition coefficient (Wildman–Crippen LogP) is 4.29. The Labute approximate surface area is 190 Å². The Morgan fingerprint density at radius 2 is 1.53 bits per heavy atom. The van der Waals surface area contributed by atoms with Crippen molar-refractivity contribution in [3.05, 3.63) is 65.2 Å². The SMILES string of the molecule is CC(=O)Nc1ccc(NC(=O)CSc2nc(CC(=O)Nc3ccc(F)c(F)c3)cs2)cc1. The number of amides is 3. The highest BCUT2D eigenvalue weighted by Crippen LogP contribution is 2.24. The molecule has 0 aliphatic heterocycles. The summed E-state index contributed by atoms with van der Waals surface area (Å²) >= 11 is 2.53. The molecule has 0 radical (unpaired) electrons. The van der Waals surface area contributed by atoms with Gasteiger partial charge < -0.3 is 16.0 Å². The minimum Gasteiger partial charge on any atom is -0.326 e. The van der Waals surface area contributed by atoms with Crippen molar-refractivity contribution < 1.29 is 23.2 Å². The van der Waals surface area contributed by atoms with E-state index in [1.807, 2.05) is 0 Å². The molecule has 7 nitrogen and oxygen atoms in total. The number of carbonyl (C=O) groups excluding carboxylic acids is 3. The van der Waals surface area contributed by atoms with Gasteiger partial charge in [-0.3, -0.25) is 14.4 Å². The third kappa shape index (κ3) is 7.13. The topological polar surface area (TPSA) is 100 Å². The number of hydrogen-bond acceptors (Lipinski definition) is 6. The lowest BCUT2D eigenvalue weighted by Gasteiger charge is -2.06. The van der Waals surface area contributed by atoms with Crippen molar-refractivity contribution in [2.45, 2.75) is 17.7 Å². The highest BCUT2D eigenvalue weighted by atomic mass is 32.2. The van der Waals surface area contributed by atoms with Crippen molar-refractivity contribution >= 4 is 57.9 Å². The summed E-state index contributed by atoms with van der Waals surface area (Å²) in [6.45, 7) is 1.41. The molecule has 32 heavy (non-hydrogen) atoms. The summed E-state index contributed by atoms with van der Waals surface area (Å²) in [6.07, 6.45) is -0.0388. The Hall–Kier alpha value is -3.31. The number of thiazole rings is 1. The molecule has 0 spiro atoms. The highest BCUT2D eigenvalue weighted by molar-refractivity contribution is 8.01. The van der Waals surface area contributed by atoms with Gasteiger partial charge in [0.2, 0.25) is 17.7 Å². The monoisotopic (exact) mass is 476 g/mol. The fraction of sp³-hybridized carbons (Fsp3) is 0.143. The molecule has 2 aromatic carbocycles. The first kappa shape index (κ1) is 23.4. The van der Waals surface area contributed by atoms with Gasteiger partial charge in [-0.15, -0.1) is 11.3 Å². The summed E-state index contributed by atoms with van der Waals surface area (Å²) in [6, 6.07) is 9.84. The molecule has 0 bridgehead atoms. The molecule has 3 amide bonds. The molecular formula is C21H18F2N4O3S2. The third-order valence-electron chi connectivity index (χ3n) is 3.89. The van der Waals surface area contributed by atoms with E-state index in [1.54, 1.807) is 29.6 Å². The molecular weight excluding hydrogens is 458 g/mol. The van der Waals surface area contributed by atoms with Gasteiger partial charge in [-0.1, -0.05) is 11.8 Å². The number of nitrogens with one attached hydrogen (secondary N) is 3. The van der Waals surface area contributed by atoms with E-state index >= 15 is 0 Å². The van der Waals surface area contributed by atoms with Crippen LogP contribution in [-0.4, -0.2) is 28.5 Å². The predicted molar refractivity (Wildman–Crippen MR) is 121 cm³/mol. The number of benzene rings is 2. The smallest absolute Gasteiger partial charge is 0.234 e. The third-order valence-corrected chi connectivity index (χ3v) is 5.96. The summed E-state index contributed by atoms with van der Waals surface area (Å²) in [5, 5.41) is 9.58. The average molecular weight is 477 g/mol. The van der Waals surface area contributed by atoms with Crippen molar-refractivity contribution in [2.75, 3.05) is 21.7 Å². The van der Waals surface area contributed by atoms with Crippen LogP contribution in [-0.2, 0) is 20.8 Å². The number of halogens is 2. The Morgan fingerprint density at radius 1 is 0.906 bits per heavy atom. The normalized spacial score (nSPS) is 10.5. The van der Waals surface area contributed by atoms with Gasteiger partial charge in [-0.25, -0.2) is 13.8 Å². The lowest BCUT2D eigenvalue weighted by atomic mass is 10.2. The average Bonchev–Trinajstić information content (AvgIpc) is 3.17. The Kier molecular flexibility index (Phi) is 7.90. The molecule has 0 saturated carbocycles. The molecule has 1 heterocycles. The Bertz CT molecular complexity index is 1140. The van der Waals surface area contributed by atoms with Gasteiger partial charge in [-0.2, -0.15) is 0 Å². The molecule has 0 fully saturated rings. The number of anilines is 3. The van der Waals surface area contributed by atoms with Gasteiger partial charge >= 0.3 is 0 Å². The van der Waals surface area contributed by atoms with Crippen molar-refractivity contribution in [1.82, 2.24) is 4.98 Å². The summed E-state index contributed by atoms with van der Waals surface area (Å²) in [7, 11) is 0. The van der Waals surface area contributed by atoms with Gasteiger partial charge in [0, 0.05) is 35.4 Å². The van der Waals surface area contributed by atoms with Gasteiger partial charge in [0.25, 0.3) is 0 Å². The van der Waals surface area contributed by atoms with Gasteiger partial charge in [-0.05, 0) is 36.4 Å².